The van der Waals surface area contributed by atoms with Gasteiger partial charge in [0.2, 0.25) is 0 Å². The molecule has 0 radical (unpaired) electrons. The number of pyridine rings is 1. The lowest BCUT2D eigenvalue weighted by molar-refractivity contribution is 0.288. The Balaban J connectivity index is 2.05. The molecule has 3 rings (SSSR count). The average Bonchev–Trinajstić information content (AvgIpc) is 2.53. The molecule has 21 heavy (non-hydrogen) atoms. The number of methoxy groups -OCH3 is 1. The second-order valence-corrected chi connectivity index (χ2v) is 4.64. The molecule has 0 saturated heterocycles. The third-order valence-corrected chi connectivity index (χ3v) is 3.30. The van der Waals surface area contributed by atoms with Gasteiger partial charge in [0, 0.05) is 6.20 Å². The predicted octanol–water partition coefficient (Wildman–Crippen LogP) is 3.12. The summed E-state index contributed by atoms with van der Waals surface area (Å²) in [5.74, 6) is 1.02. The number of hydrogen-bond donors (Lipinski definition) is 1. The molecule has 2 aromatic carbocycles. The molecule has 0 spiro atoms. The summed E-state index contributed by atoms with van der Waals surface area (Å²) < 4.78 is 11.2. The van der Waals surface area contributed by atoms with Crippen LogP contribution in [0.2, 0.25) is 0 Å². The van der Waals surface area contributed by atoms with E-state index in [0.717, 1.165) is 10.9 Å². The molecule has 0 amide bonds. The fourth-order valence-corrected chi connectivity index (χ4v) is 2.26. The van der Waals surface area contributed by atoms with Crippen LogP contribution in [-0.4, -0.2) is 12.1 Å². The highest BCUT2D eigenvalue weighted by Crippen LogP contribution is 2.33. The van der Waals surface area contributed by atoms with Gasteiger partial charge in [-0.1, -0.05) is 36.4 Å². The number of aromatic amines is 1. The van der Waals surface area contributed by atoms with Gasteiger partial charge in [-0.3, -0.25) is 4.79 Å². The summed E-state index contributed by atoms with van der Waals surface area (Å²) in [4.78, 5) is 14.8. The van der Waals surface area contributed by atoms with Gasteiger partial charge in [-0.05, 0) is 23.1 Å². The van der Waals surface area contributed by atoms with Gasteiger partial charge in [0.05, 0.1) is 12.5 Å². The highest BCUT2D eigenvalue weighted by atomic mass is 16.5. The molecule has 4 nitrogen and oxygen atoms in total. The van der Waals surface area contributed by atoms with E-state index in [1.807, 2.05) is 48.5 Å². The molecule has 106 valence electrons. The summed E-state index contributed by atoms with van der Waals surface area (Å²) >= 11 is 0. The molecule has 1 heterocycles. The zero-order valence-corrected chi connectivity index (χ0v) is 11.6. The van der Waals surface area contributed by atoms with Gasteiger partial charge in [-0.25, -0.2) is 0 Å². The van der Waals surface area contributed by atoms with Gasteiger partial charge in [0.25, 0.3) is 5.56 Å². The molecule has 0 unspecified atom stereocenters. The monoisotopic (exact) mass is 281 g/mol. The Labute approximate surface area is 122 Å². The molecule has 3 aromatic rings. The summed E-state index contributed by atoms with van der Waals surface area (Å²) in [5, 5.41) is 1.33. The van der Waals surface area contributed by atoms with Gasteiger partial charge in [-0.2, -0.15) is 0 Å². The van der Waals surface area contributed by atoms with Crippen molar-refractivity contribution in [2.75, 3.05) is 7.11 Å². The van der Waals surface area contributed by atoms with E-state index in [9.17, 15) is 4.79 Å². The summed E-state index contributed by atoms with van der Waals surface area (Å²) in [6.07, 6.45) is 1.62. The van der Waals surface area contributed by atoms with Crippen LogP contribution in [0.1, 0.15) is 5.56 Å². The van der Waals surface area contributed by atoms with Gasteiger partial charge < -0.3 is 14.5 Å². The van der Waals surface area contributed by atoms with Crippen molar-refractivity contribution in [1.82, 2.24) is 4.98 Å². The maximum Gasteiger partial charge on any atom is 0.259 e. The minimum absolute atomic E-state index is 0.186. The van der Waals surface area contributed by atoms with Crippen LogP contribution >= 0.6 is 0 Å². The van der Waals surface area contributed by atoms with Crippen molar-refractivity contribution < 1.29 is 9.47 Å². The van der Waals surface area contributed by atoms with Crippen LogP contribution in [0.15, 0.2) is 59.5 Å². The van der Waals surface area contributed by atoms with Crippen LogP contribution in [0.4, 0.5) is 0 Å². The molecule has 0 aliphatic carbocycles. The van der Waals surface area contributed by atoms with Gasteiger partial charge in [-0.15, -0.1) is 0 Å². The molecule has 4 heteroatoms. The van der Waals surface area contributed by atoms with Crippen molar-refractivity contribution in [1.29, 1.82) is 0 Å². The van der Waals surface area contributed by atoms with E-state index >= 15 is 0 Å². The third-order valence-electron chi connectivity index (χ3n) is 3.30. The van der Waals surface area contributed by atoms with Crippen LogP contribution in [0.3, 0.4) is 0 Å². The van der Waals surface area contributed by atoms with Crippen molar-refractivity contribution in [2.24, 2.45) is 0 Å². The zero-order chi connectivity index (χ0) is 14.7. The van der Waals surface area contributed by atoms with Gasteiger partial charge in [0.15, 0.2) is 11.5 Å². The Kier molecular flexibility index (Phi) is 3.60. The van der Waals surface area contributed by atoms with Crippen LogP contribution in [-0.2, 0) is 6.61 Å². The third kappa shape index (κ3) is 2.60. The lowest BCUT2D eigenvalue weighted by Crippen LogP contribution is -2.08. The number of fused-ring (bicyclic) bond motifs is 1. The molecule has 0 saturated carbocycles. The Morgan fingerprint density at radius 2 is 1.86 bits per heavy atom. The van der Waals surface area contributed by atoms with Crippen molar-refractivity contribution in [3.05, 3.63) is 70.6 Å². The highest BCUT2D eigenvalue weighted by molar-refractivity contribution is 5.89. The highest BCUT2D eigenvalue weighted by Gasteiger charge is 2.13. The first-order chi connectivity index (χ1) is 10.3. The fraction of sp³-hybridized carbons (Fsp3) is 0.118. The quantitative estimate of drug-likeness (QED) is 0.799. The van der Waals surface area contributed by atoms with Crippen LogP contribution in [0.25, 0.3) is 10.8 Å². The van der Waals surface area contributed by atoms with Crippen LogP contribution in [0, 0.1) is 0 Å². The lowest BCUT2D eigenvalue weighted by atomic mass is 10.1. The molecule has 0 aliphatic heterocycles. The van der Waals surface area contributed by atoms with Crippen molar-refractivity contribution in [2.45, 2.75) is 6.61 Å². The summed E-state index contributed by atoms with van der Waals surface area (Å²) in [6, 6.07) is 15.3. The van der Waals surface area contributed by atoms with Crippen molar-refractivity contribution >= 4 is 10.8 Å². The summed E-state index contributed by atoms with van der Waals surface area (Å²) in [7, 11) is 1.56. The first kappa shape index (κ1) is 13.2. The minimum Gasteiger partial charge on any atom is -0.493 e. The molecular weight excluding hydrogens is 266 g/mol. The Bertz CT molecular complexity index is 809. The van der Waals surface area contributed by atoms with E-state index in [0.29, 0.717) is 23.5 Å². The molecule has 0 aliphatic rings. The summed E-state index contributed by atoms with van der Waals surface area (Å²) in [6.45, 7) is 0.380. The number of nitrogens with one attached hydrogen (secondary N) is 1. The molecule has 1 aromatic heterocycles. The van der Waals surface area contributed by atoms with E-state index in [1.54, 1.807) is 13.3 Å². The van der Waals surface area contributed by atoms with E-state index in [2.05, 4.69) is 4.98 Å². The lowest BCUT2D eigenvalue weighted by Gasteiger charge is -2.13. The Morgan fingerprint density at radius 3 is 2.62 bits per heavy atom. The number of aromatic nitrogens is 1. The van der Waals surface area contributed by atoms with E-state index in [1.165, 1.54) is 0 Å². The normalized spacial score (nSPS) is 10.5. The van der Waals surface area contributed by atoms with Crippen LogP contribution in [0.5, 0.6) is 11.5 Å². The standard InChI is InChI=1S/C17H15NO3/c1-20-14-8-7-13-9-10-18-17(19)15(13)16(14)21-11-12-5-3-2-4-6-12/h2-10H,11H2,1H3,(H,18,19). The van der Waals surface area contributed by atoms with Gasteiger partial charge >= 0.3 is 0 Å². The van der Waals surface area contributed by atoms with Gasteiger partial charge in [0.1, 0.15) is 6.61 Å². The Morgan fingerprint density at radius 1 is 1.05 bits per heavy atom. The zero-order valence-electron chi connectivity index (χ0n) is 11.6. The maximum atomic E-state index is 12.1. The number of rotatable bonds is 4. The average molecular weight is 281 g/mol. The molecular formula is C17H15NO3. The second kappa shape index (κ2) is 5.71. The SMILES string of the molecule is COc1ccc2cc[nH]c(=O)c2c1OCc1ccccc1. The fourth-order valence-electron chi connectivity index (χ4n) is 2.26. The topological polar surface area (TPSA) is 51.3 Å². The minimum atomic E-state index is -0.186. The molecule has 0 fully saturated rings. The number of H-pyrrole nitrogens is 1. The number of hydrogen-bond acceptors (Lipinski definition) is 3. The number of ether oxygens (including phenoxy) is 2. The van der Waals surface area contributed by atoms with Crippen molar-refractivity contribution in [3.63, 3.8) is 0 Å². The maximum absolute atomic E-state index is 12.1. The van der Waals surface area contributed by atoms with E-state index in [4.69, 9.17) is 9.47 Å². The number of benzene rings is 2. The first-order valence-electron chi connectivity index (χ1n) is 6.64. The molecule has 0 atom stereocenters. The van der Waals surface area contributed by atoms with E-state index < -0.39 is 0 Å². The first-order valence-corrected chi connectivity index (χ1v) is 6.64. The molecule has 0 bridgehead atoms. The molecule has 1 N–H and O–H groups in total. The summed E-state index contributed by atoms with van der Waals surface area (Å²) in [5.41, 5.74) is 0.846. The Hall–Kier alpha value is -2.75. The van der Waals surface area contributed by atoms with Crippen molar-refractivity contribution in [3.8, 4) is 11.5 Å². The van der Waals surface area contributed by atoms with E-state index in [-0.39, 0.29) is 5.56 Å². The largest absolute Gasteiger partial charge is 0.493 e. The smallest absolute Gasteiger partial charge is 0.259 e. The second-order valence-electron chi connectivity index (χ2n) is 4.64. The predicted molar refractivity (Wildman–Crippen MR) is 81.9 cm³/mol. The van der Waals surface area contributed by atoms with Crippen LogP contribution < -0.4 is 15.0 Å².